The van der Waals surface area contributed by atoms with Crippen molar-refractivity contribution in [2.24, 2.45) is 0 Å². The van der Waals surface area contributed by atoms with Crippen LogP contribution in [-0.4, -0.2) is 31.1 Å². The van der Waals surface area contributed by atoms with E-state index in [2.05, 4.69) is 37.3 Å². The summed E-state index contributed by atoms with van der Waals surface area (Å²) in [6, 6.07) is 6.58. The first-order chi connectivity index (χ1) is 8.08. The minimum Gasteiger partial charge on any atom is -0.379 e. The van der Waals surface area contributed by atoms with Gasteiger partial charge < -0.3 is 10.2 Å². The molecule has 2 rings (SSSR count). The quantitative estimate of drug-likeness (QED) is 0.901. The van der Waals surface area contributed by atoms with Gasteiger partial charge in [-0.1, -0.05) is 18.5 Å². The first-order valence-electron chi connectivity index (χ1n) is 5.93. The summed E-state index contributed by atoms with van der Waals surface area (Å²) in [5.74, 6) is 1.25. The molecule has 1 fully saturated rings. The Hall–Kier alpha value is -0.540. The molecule has 1 aliphatic rings. The van der Waals surface area contributed by atoms with Crippen molar-refractivity contribution in [1.82, 2.24) is 0 Å². The fourth-order valence-electron chi connectivity index (χ4n) is 2.13. The van der Waals surface area contributed by atoms with Crippen molar-refractivity contribution < 1.29 is 0 Å². The van der Waals surface area contributed by atoms with E-state index in [0.29, 0.717) is 11.3 Å². The van der Waals surface area contributed by atoms with Gasteiger partial charge in [0.2, 0.25) is 0 Å². The van der Waals surface area contributed by atoms with Crippen molar-refractivity contribution in [2.75, 3.05) is 30.1 Å². The highest BCUT2D eigenvalue weighted by Crippen LogP contribution is 2.33. The molecule has 0 radical (unpaired) electrons. The van der Waals surface area contributed by atoms with Gasteiger partial charge in [-0.3, -0.25) is 0 Å². The molecule has 0 aromatic heterocycles. The smallest absolute Gasteiger partial charge is 0.0597 e. The molecule has 2 atom stereocenters. The first-order valence-corrected chi connectivity index (χ1v) is 7.35. The van der Waals surface area contributed by atoms with Crippen LogP contribution in [0.2, 0.25) is 5.02 Å². The van der Waals surface area contributed by atoms with Crippen molar-refractivity contribution in [3.63, 3.8) is 0 Å². The summed E-state index contributed by atoms with van der Waals surface area (Å²) in [5, 5.41) is 5.09. The third-order valence-corrected chi connectivity index (χ3v) is 4.72. The van der Waals surface area contributed by atoms with Crippen LogP contribution < -0.4 is 10.2 Å². The Labute approximate surface area is 113 Å². The van der Waals surface area contributed by atoms with Gasteiger partial charge in [0.25, 0.3) is 0 Å². The predicted molar refractivity (Wildman–Crippen MR) is 79.7 cm³/mol. The van der Waals surface area contributed by atoms with Gasteiger partial charge in [-0.15, -0.1) is 0 Å². The van der Waals surface area contributed by atoms with Crippen molar-refractivity contribution in [3.8, 4) is 0 Å². The minimum atomic E-state index is 0.553. The molecule has 0 saturated carbocycles. The second-order valence-corrected chi connectivity index (χ2v) is 6.59. The summed E-state index contributed by atoms with van der Waals surface area (Å²) < 4.78 is 0. The van der Waals surface area contributed by atoms with Crippen LogP contribution in [0.4, 0.5) is 11.4 Å². The molecule has 94 valence electrons. The van der Waals surface area contributed by atoms with Crippen LogP contribution in [0.1, 0.15) is 13.3 Å². The number of benzene rings is 1. The SMILES string of the molecule is CC1SCCC1Nc1cc(Cl)ccc1N(C)C. The normalized spacial score (nSPS) is 23.8. The van der Waals surface area contributed by atoms with Crippen LogP contribution in [0, 0.1) is 0 Å². The number of halogens is 1. The number of anilines is 2. The predicted octanol–water partition coefficient (Wildman–Crippen LogP) is 3.71. The topological polar surface area (TPSA) is 15.3 Å². The van der Waals surface area contributed by atoms with Crippen LogP contribution in [0.25, 0.3) is 0 Å². The molecule has 0 amide bonds. The molecule has 1 aromatic carbocycles. The lowest BCUT2D eigenvalue weighted by Crippen LogP contribution is -2.26. The Morgan fingerprint density at radius 2 is 2.18 bits per heavy atom. The van der Waals surface area contributed by atoms with Gasteiger partial charge in [0.1, 0.15) is 0 Å². The standard InChI is InChI=1S/C13H19ClN2S/c1-9-11(6-7-17-9)15-12-8-10(14)4-5-13(12)16(2)3/h4-5,8-9,11,15H,6-7H2,1-3H3. The summed E-state index contributed by atoms with van der Waals surface area (Å²) in [7, 11) is 4.11. The van der Waals surface area contributed by atoms with E-state index in [1.807, 2.05) is 23.9 Å². The highest BCUT2D eigenvalue weighted by molar-refractivity contribution is 8.00. The second-order valence-electron chi connectivity index (χ2n) is 4.67. The lowest BCUT2D eigenvalue weighted by atomic mass is 10.1. The highest BCUT2D eigenvalue weighted by atomic mass is 35.5. The van der Waals surface area contributed by atoms with Gasteiger partial charge in [-0.25, -0.2) is 0 Å². The van der Waals surface area contributed by atoms with Gasteiger partial charge >= 0.3 is 0 Å². The third kappa shape index (κ3) is 3.02. The molecule has 1 heterocycles. The van der Waals surface area contributed by atoms with E-state index in [9.17, 15) is 0 Å². The largest absolute Gasteiger partial charge is 0.379 e. The molecule has 2 nitrogen and oxygen atoms in total. The Balaban J connectivity index is 2.21. The van der Waals surface area contributed by atoms with Crippen molar-refractivity contribution in [1.29, 1.82) is 0 Å². The molecule has 0 aliphatic carbocycles. The molecule has 0 spiro atoms. The maximum absolute atomic E-state index is 6.08. The fraction of sp³-hybridized carbons (Fsp3) is 0.538. The average Bonchev–Trinajstić information content (AvgIpc) is 2.64. The second kappa shape index (κ2) is 5.40. The van der Waals surface area contributed by atoms with Crippen LogP contribution in [-0.2, 0) is 0 Å². The Morgan fingerprint density at radius 1 is 1.41 bits per heavy atom. The molecular formula is C13H19ClN2S. The van der Waals surface area contributed by atoms with Crippen LogP contribution in [0.15, 0.2) is 18.2 Å². The Morgan fingerprint density at radius 3 is 2.76 bits per heavy atom. The van der Waals surface area contributed by atoms with Gasteiger partial charge in [-0.05, 0) is 30.4 Å². The highest BCUT2D eigenvalue weighted by Gasteiger charge is 2.24. The summed E-state index contributed by atoms with van der Waals surface area (Å²) in [6.45, 7) is 2.29. The molecule has 4 heteroatoms. The zero-order valence-corrected chi connectivity index (χ0v) is 12.1. The molecule has 2 unspecified atom stereocenters. The molecule has 1 aromatic rings. The average molecular weight is 271 g/mol. The number of rotatable bonds is 3. The van der Waals surface area contributed by atoms with Crippen LogP contribution in [0.3, 0.4) is 0 Å². The van der Waals surface area contributed by atoms with E-state index >= 15 is 0 Å². The molecule has 1 saturated heterocycles. The van der Waals surface area contributed by atoms with Crippen molar-refractivity contribution >= 4 is 34.7 Å². The zero-order valence-electron chi connectivity index (χ0n) is 10.5. The molecule has 17 heavy (non-hydrogen) atoms. The number of nitrogens with zero attached hydrogens (tertiary/aromatic N) is 1. The Bertz CT molecular complexity index is 395. The minimum absolute atomic E-state index is 0.553. The van der Waals surface area contributed by atoms with Gasteiger partial charge in [0.05, 0.1) is 11.4 Å². The lowest BCUT2D eigenvalue weighted by molar-refractivity contribution is 0.724. The lowest BCUT2D eigenvalue weighted by Gasteiger charge is -2.23. The van der Waals surface area contributed by atoms with Crippen LogP contribution in [0.5, 0.6) is 0 Å². The van der Waals surface area contributed by atoms with Gasteiger partial charge in [0.15, 0.2) is 0 Å². The van der Waals surface area contributed by atoms with E-state index in [-0.39, 0.29) is 0 Å². The fourth-order valence-corrected chi connectivity index (χ4v) is 3.51. The Kier molecular flexibility index (Phi) is 4.10. The van der Waals surface area contributed by atoms with E-state index in [1.165, 1.54) is 17.9 Å². The monoisotopic (exact) mass is 270 g/mol. The third-order valence-electron chi connectivity index (χ3n) is 3.16. The molecule has 1 aliphatic heterocycles. The van der Waals surface area contributed by atoms with Crippen LogP contribution >= 0.6 is 23.4 Å². The summed E-state index contributed by atoms with van der Waals surface area (Å²) in [6.07, 6.45) is 1.23. The van der Waals surface area contributed by atoms with E-state index in [4.69, 9.17) is 11.6 Å². The van der Waals surface area contributed by atoms with E-state index in [0.717, 1.165) is 10.7 Å². The van der Waals surface area contributed by atoms with Gasteiger partial charge in [0, 0.05) is 30.4 Å². The first kappa shape index (κ1) is 12.9. The number of thioether (sulfide) groups is 1. The maximum atomic E-state index is 6.08. The molecule has 1 N–H and O–H groups in total. The summed E-state index contributed by atoms with van der Waals surface area (Å²) >= 11 is 8.11. The van der Waals surface area contributed by atoms with Gasteiger partial charge in [-0.2, -0.15) is 11.8 Å². The maximum Gasteiger partial charge on any atom is 0.0597 e. The zero-order chi connectivity index (χ0) is 12.4. The molecular weight excluding hydrogens is 252 g/mol. The number of hydrogen-bond acceptors (Lipinski definition) is 3. The summed E-state index contributed by atoms with van der Waals surface area (Å²) in [5.41, 5.74) is 2.33. The molecule has 0 bridgehead atoms. The number of nitrogens with one attached hydrogen (secondary N) is 1. The van der Waals surface area contributed by atoms with Crippen molar-refractivity contribution in [3.05, 3.63) is 23.2 Å². The van der Waals surface area contributed by atoms with E-state index < -0.39 is 0 Å². The summed E-state index contributed by atoms with van der Waals surface area (Å²) in [4.78, 5) is 2.12. The van der Waals surface area contributed by atoms with E-state index in [1.54, 1.807) is 0 Å². The number of hydrogen-bond donors (Lipinski definition) is 1. The van der Waals surface area contributed by atoms with Crippen molar-refractivity contribution in [2.45, 2.75) is 24.6 Å².